The minimum atomic E-state index is -0.413. The fourth-order valence-corrected chi connectivity index (χ4v) is 4.19. The number of aliphatic imine (C=N–C) groups is 1. The lowest BCUT2D eigenvalue weighted by atomic mass is 10.1. The molecule has 164 valence electrons. The Balaban J connectivity index is 1.87. The first-order valence-corrected chi connectivity index (χ1v) is 11.4. The van der Waals surface area contributed by atoms with Gasteiger partial charge in [-0.1, -0.05) is 32.8 Å². The number of thioether (sulfide) groups is 1. The summed E-state index contributed by atoms with van der Waals surface area (Å²) in [6.45, 7) is 7.35. The van der Waals surface area contributed by atoms with Crippen LogP contribution in [0.4, 0.5) is 5.69 Å². The molecule has 1 aliphatic rings. The number of hydrogen-bond acceptors (Lipinski definition) is 6. The van der Waals surface area contributed by atoms with Crippen LogP contribution >= 0.6 is 11.8 Å². The van der Waals surface area contributed by atoms with Crippen molar-refractivity contribution >= 4 is 34.6 Å². The molecule has 8 heteroatoms. The molecular formula is C23H27N3O4S. The summed E-state index contributed by atoms with van der Waals surface area (Å²) in [7, 11) is 0. The number of benzene rings is 1. The molecule has 3 rings (SSSR count). The molecule has 1 amide bonds. The Morgan fingerprint density at radius 3 is 2.68 bits per heavy atom. The van der Waals surface area contributed by atoms with Crippen molar-refractivity contribution in [3.05, 3.63) is 56.7 Å². The number of nitro groups is 1. The molecule has 2 aromatic rings. The molecule has 0 spiro atoms. The van der Waals surface area contributed by atoms with Gasteiger partial charge >= 0.3 is 0 Å². The summed E-state index contributed by atoms with van der Waals surface area (Å²) in [5.74, 6) is 0.799. The Labute approximate surface area is 186 Å². The third kappa shape index (κ3) is 5.44. The zero-order valence-corrected chi connectivity index (χ0v) is 18.9. The van der Waals surface area contributed by atoms with E-state index in [1.165, 1.54) is 17.8 Å². The SMILES string of the molecule is CCCCN=C1SC(=Cc2ccc(-c3ccc(C)cc3[N+](=O)[O-])o2)C(=O)N1CCCC. The molecule has 2 heterocycles. The highest BCUT2D eigenvalue weighted by Gasteiger charge is 2.33. The molecule has 7 nitrogen and oxygen atoms in total. The van der Waals surface area contributed by atoms with Crippen LogP contribution in [-0.2, 0) is 4.79 Å². The molecule has 0 N–H and O–H groups in total. The second-order valence-corrected chi connectivity index (χ2v) is 8.43. The Kier molecular flexibility index (Phi) is 7.68. The lowest BCUT2D eigenvalue weighted by molar-refractivity contribution is -0.384. The number of amides is 1. The maximum absolute atomic E-state index is 12.9. The van der Waals surface area contributed by atoms with E-state index < -0.39 is 4.92 Å². The van der Waals surface area contributed by atoms with Crippen LogP contribution in [0.1, 0.15) is 50.9 Å². The van der Waals surface area contributed by atoms with Gasteiger partial charge in [0.25, 0.3) is 11.6 Å². The van der Waals surface area contributed by atoms with Gasteiger partial charge in [-0.3, -0.25) is 24.8 Å². The first-order chi connectivity index (χ1) is 14.9. The minimum Gasteiger partial charge on any atom is -0.456 e. The molecular weight excluding hydrogens is 414 g/mol. The van der Waals surface area contributed by atoms with E-state index in [0.29, 0.717) is 35.1 Å². The second kappa shape index (κ2) is 10.4. The quantitative estimate of drug-likeness (QED) is 0.205. The molecule has 0 radical (unpaired) electrons. The number of furan rings is 1. The highest BCUT2D eigenvalue weighted by molar-refractivity contribution is 8.18. The lowest BCUT2D eigenvalue weighted by Crippen LogP contribution is -2.30. The summed E-state index contributed by atoms with van der Waals surface area (Å²) in [4.78, 5) is 30.9. The predicted octanol–water partition coefficient (Wildman–Crippen LogP) is 6.04. The molecule has 31 heavy (non-hydrogen) atoms. The van der Waals surface area contributed by atoms with Gasteiger partial charge in [-0.15, -0.1) is 0 Å². The van der Waals surface area contributed by atoms with Gasteiger partial charge in [0.2, 0.25) is 0 Å². The van der Waals surface area contributed by atoms with Crippen LogP contribution in [0.25, 0.3) is 17.4 Å². The van der Waals surface area contributed by atoms with Gasteiger partial charge in [0.1, 0.15) is 11.5 Å². The van der Waals surface area contributed by atoms with Crippen molar-refractivity contribution < 1.29 is 14.1 Å². The van der Waals surface area contributed by atoms with E-state index in [1.54, 1.807) is 29.2 Å². The molecule has 1 aromatic carbocycles. The van der Waals surface area contributed by atoms with Gasteiger partial charge in [0.15, 0.2) is 5.17 Å². The topological polar surface area (TPSA) is 89.0 Å². The monoisotopic (exact) mass is 441 g/mol. The van der Waals surface area contributed by atoms with Crippen LogP contribution in [-0.4, -0.2) is 34.0 Å². The number of nitro benzene ring substituents is 1. The molecule has 0 saturated carbocycles. The van der Waals surface area contributed by atoms with Crippen LogP contribution in [0.5, 0.6) is 0 Å². The average Bonchev–Trinajstić information content (AvgIpc) is 3.32. The fourth-order valence-electron chi connectivity index (χ4n) is 3.18. The predicted molar refractivity (Wildman–Crippen MR) is 125 cm³/mol. The van der Waals surface area contributed by atoms with Gasteiger partial charge in [0.05, 0.1) is 15.4 Å². The van der Waals surface area contributed by atoms with Crippen LogP contribution in [0, 0.1) is 17.0 Å². The zero-order chi connectivity index (χ0) is 22.4. The number of aryl methyl sites for hydroxylation is 1. The summed E-state index contributed by atoms with van der Waals surface area (Å²) >= 11 is 1.36. The van der Waals surface area contributed by atoms with Crippen molar-refractivity contribution in [2.75, 3.05) is 13.1 Å². The normalized spacial score (nSPS) is 16.6. The Morgan fingerprint density at radius 1 is 1.19 bits per heavy atom. The van der Waals surface area contributed by atoms with Gasteiger partial charge in [-0.2, -0.15) is 0 Å². The maximum Gasteiger partial charge on any atom is 0.280 e. The van der Waals surface area contributed by atoms with E-state index in [1.807, 2.05) is 13.0 Å². The molecule has 1 fully saturated rings. The fraction of sp³-hybridized carbons (Fsp3) is 0.391. The zero-order valence-electron chi connectivity index (χ0n) is 18.1. The van der Waals surface area contributed by atoms with Gasteiger partial charge in [-0.25, -0.2) is 0 Å². The van der Waals surface area contributed by atoms with E-state index in [2.05, 4.69) is 18.8 Å². The minimum absolute atomic E-state index is 0.00375. The third-order valence-electron chi connectivity index (χ3n) is 4.90. The summed E-state index contributed by atoms with van der Waals surface area (Å²) < 4.78 is 5.86. The highest BCUT2D eigenvalue weighted by atomic mass is 32.2. The summed E-state index contributed by atoms with van der Waals surface area (Å²) in [6, 6.07) is 8.44. The third-order valence-corrected chi connectivity index (χ3v) is 5.94. The van der Waals surface area contributed by atoms with E-state index in [-0.39, 0.29) is 11.6 Å². The number of hydrogen-bond donors (Lipinski definition) is 0. The van der Waals surface area contributed by atoms with Crippen molar-refractivity contribution in [3.8, 4) is 11.3 Å². The molecule has 0 atom stereocenters. The standard InChI is InChI=1S/C23H27N3O4S/c1-4-6-12-24-23-25(13-7-5-2)22(27)21(31-23)15-17-9-11-20(30-17)18-10-8-16(3)14-19(18)26(28)29/h8-11,14-15H,4-7,12-13H2,1-3H3. The summed E-state index contributed by atoms with van der Waals surface area (Å²) in [5, 5.41) is 12.2. The van der Waals surface area contributed by atoms with E-state index in [0.717, 1.165) is 36.4 Å². The van der Waals surface area contributed by atoms with E-state index in [9.17, 15) is 14.9 Å². The largest absolute Gasteiger partial charge is 0.456 e. The Bertz CT molecular complexity index is 1030. The summed E-state index contributed by atoms with van der Waals surface area (Å²) in [5.41, 5.74) is 1.22. The first-order valence-electron chi connectivity index (χ1n) is 10.6. The van der Waals surface area contributed by atoms with E-state index in [4.69, 9.17) is 4.42 Å². The molecule has 0 bridgehead atoms. The van der Waals surface area contributed by atoms with Crippen LogP contribution in [0.15, 0.2) is 44.6 Å². The van der Waals surface area contributed by atoms with Crippen LogP contribution in [0.2, 0.25) is 0 Å². The Morgan fingerprint density at radius 2 is 1.97 bits per heavy atom. The van der Waals surface area contributed by atoms with Gasteiger partial charge in [0, 0.05) is 25.2 Å². The molecule has 0 aliphatic carbocycles. The molecule has 1 saturated heterocycles. The number of amidine groups is 1. The Hall–Kier alpha value is -2.87. The molecule has 1 aliphatic heterocycles. The van der Waals surface area contributed by atoms with Crippen molar-refractivity contribution in [2.24, 2.45) is 4.99 Å². The lowest BCUT2D eigenvalue weighted by Gasteiger charge is -2.14. The van der Waals surface area contributed by atoms with Crippen LogP contribution < -0.4 is 0 Å². The van der Waals surface area contributed by atoms with E-state index >= 15 is 0 Å². The first kappa shape index (κ1) is 22.8. The van der Waals surface area contributed by atoms with Crippen molar-refractivity contribution in [3.63, 3.8) is 0 Å². The van der Waals surface area contributed by atoms with Gasteiger partial charge in [-0.05, 0) is 55.3 Å². The number of carbonyl (C=O) groups excluding carboxylic acids is 1. The van der Waals surface area contributed by atoms with Crippen molar-refractivity contribution in [1.82, 2.24) is 4.90 Å². The van der Waals surface area contributed by atoms with Gasteiger partial charge < -0.3 is 4.42 Å². The average molecular weight is 442 g/mol. The highest BCUT2D eigenvalue weighted by Crippen LogP contribution is 2.35. The molecule has 1 aromatic heterocycles. The number of carbonyl (C=O) groups is 1. The summed E-state index contributed by atoms with van der Waals surface area (Å²) in [6.07, 6.45) is 5.63. The molecule has 0 unspecified atom stereocenters. The number of unbranched alkanes of at least 4 members (excludes halogenated alkanes) is 2. The smallest absolute Gasteiger partial charge is 0.280 e. The van der Waals surface area contributed by atoms with Crippen molar-refractivity contribution in [2.45, 2.75) is 46.5 Å². The number of nitrogens with zero attached hydrogens (tertiary/aromatic N) is 3. The van der Waals surface area contributed by atoms with Crippen LogP contribution in [0.3, 0.4) is 0 Å². The van der Waals surface area contributed by atoms with Crippen molar-refractivity contribution in [1.29, 1.82) is 0 Å². The number of rotatable bonds is 9. The maximum atomic E-state index is 12.9. The second-order valence-electron chi connectivity index (χ2n) is 7.42.